The lowest BCUT2D eigenvalue weighted by Crippen LogP contribution is -2.32. The van der Waals surface area contributed by atoms with Crippen LogP contribution in [0.25, 0.3) is 0 Å². The second kappa shape index (κ2) is 7.79. The summed E-state index contributed by atoms with van der Waals surface area (Å²) >= 11 is 0. The summed E-state index contributed by atoms with van der Waals surface area (Å²) in [6, 6.07) is 5.76. The molecule has 0 aromatic heterocycles. The van der Waals surface area contributed by atoms with E-state index in [9.17, 15) is 9.59 Å². The third kappa shape index (κ3) is 4.35. The SMILES string of the molecule is CC(CC(=O)Nc1ccc2c(c1)CCCC(=O)N2)C1CCNCC1. The molecule has 0 spiro atoms. The van der Waals surface area contributed by atoms with Crippen LogP contribution in [0.15, 0.2) is 18.2 Å². The molecule has 1 aromatic carbocycles. The first-order valence-electron chi connectivity index (χ1n) is 9.05. The van der Waals surface area contributed by atoms with E-state index in [1.807, 2.05) is 18.2 Å². The molecule has 2 amide bonds. The molecule has 0 aliphatic carbocycles. The number of anilines is 2. The van der Waals surface area contributed by atoms with Crippen molar-refractivity contribution in [3.8, 4) is 0 Å². The number of hydrogen-bond donors (Lipinski definition) is 3. The molecule has 1 atom stereocenters. The average Bonchev–Trinajstić information content (AvgIpc) is 2.76. The van der Waals surface area contributed by atoms with Crippen LogP contribution in [-0.4, -0.2) is 24.9 Å². The fraction of sp³-hybridized carbons (Fsp3) is 0.579. The Morgan fingerprint density at radius 1 is 1.29 bits per heavy atom. The van der Waals surface area contributed by atoms with Crippen molar-refractivity contribution in [2.45, 2.75) is 45.4 Å². The van der Waals surface area contributed by atoms with Crippen LogP contribution in [-0.2, 0) is 16.0 Å². The van der Waals surface area contributed by atoms with Crippen molar-refractivity contribution >= 4 is 23.2 Å². The molecule has 0 bridgehead atoms. The topological polar surface area (TPSA) is 70.2 Å². The Bertz CT molecular complexity index is 609. The number of fused-ring (bicyclic) bond motifs is 1. The lowest BCUT2D eigenvalue weighted by atomic mass is 9.84. The van der Waals surface area contributed by atoms with E-state index in [1.54, 1.807) is 0 Å². The number of nitrogens with one attached hydrogen (secondary N) is 3. The van der Waals surface area contributed by atoms with Gasteiger partial charge in [0.05, 0.1) is 0 Å². The van der Waals surface area contributed by atoms with E-state index >= 15 is 0 Å². The van der Waals surface area contributed by atoms with E-state index in [1.165, 1.54) is 0 Å². The lowest BCUT2D eigenvalue weighted by molar-refractivity contribution is -0.117. The highest BCUT2D eigenvalue weighted by molar-refractivity contribution is 5.94. The van der Waals surface area contributed by atoms with Gasteiger partial charge in [-0.15, -0.1) is 0 Å². The molecule has 2 heterocycles. The zero-order valence-electron chi connectivity index (χ0n) is 14.4. The van der Waals surface area contributed by atoms with E-state index < -0.39 is 0 Å². The van der Waals surface area contributed by atoms with Gasteiger partial charge < -0.3 is 16.0 Å². The van der Waals surface area contributed by atoms with Crippen molar-refractivity contribution in [3.05, 3.63) is 23.8 Å². The van der Waals surface area contributed by atoms with Crippen molar-refractivity contribution in [1.82, 2.24) is 5.32 Å². The van der Waals surface area contributed by atoms with E-state index in [2.05, 4.69) is 22.9 Å². The van der Waals surface area contributed by atoms with Gasteiger partial charge in [0.2, 0.25) is 11.8 Å². The van der Waals surface area contributed by atoms with Gasteiger partial charge in [-0.2, -0.15) is 0 Å². The Labute approximate surface area is 143 Å². The van der Waals surface area contributed by atoms with Crippen LogP contribution in [0.2, 0.25) is 0 Å². The van der Waals surface area contributed by atoms with E-state index in [-0.39, 0.29) is 11.8 Å². The van der Waals surface area contributed by atoms with Gasteiger partial charge in [-0.05, 0) is 74.4 Å². The molecule has 5 heteroatoms. The zero-order valence-corrected chi connectivity index (χ0v) is 14.4. The van der Waals surface area contributed by atoms with Gasteiger partial charge >= 0.3 is 0 Å². The molecule has 1 saturated heterocycles. The molecule has 3 rings (SSSR count). The summed E-state index contributed by atoms with van der Waals surface area (Å²) in [6.07, 6.45) is 5.16. The lowest BCUT2D eigenvalue weighted by Gasteiger charge is -2.27. The second-order valence-corrected chi connectivity index (χ2v) is 7.09. The van der Waals surface area contributed by atoms with E-state index in [0.717, 1.165) is 55.7 Å². The number of piperidine rings is 1. The summed E-state index contributed by atoms with van der Waals surface area (Å²) in [4.78, 5) is 24.0. The largest absolute Gasteiger partial charge is 0.326 e. The summed E-state index contributed by atoms with van der Waals surface area (Å²) in [5.41, 5.74) is 2.80. The molecule has 1 aromatic rings. The average molecular weight is 329 g/mol. The molecule has 2 aliphatic rings. The smallest absolute Gasteiger partial charge is 0.224 e. The Hall–Kier alpha value is -1.88. The maximum Gasteiger partial charge on any atom is 0.224 e. The minimum absolute atomic E-state index is 0.0707. The van der Waals surface area contributed by atoms with E-state index in [4.69, 9.17) is 0 Å². The highest BCUT2D eigenvalue weighted by Gasteiger charge is 2.22. The van der Waals surface area contributed by atoms with Crippen LogP contribution in [0.4, 0.5) is 11.4 Å². The van der Waals surface area contributed by atoms with Gasteiger partial charge in [0.25, 0.3) is 0 Å². The first-order valence-corrected chi connectivity index (χ1v) is 9.05. The summed E-state index contributed by atoms with van der Waals surface area (Å²) in [6.45, 7) is 4.31. The summed E-state index contributed by atoms with van der Waals surface area (Å²) in [5, 5.41) is 9.32. The van der Waals surface area contributed by atoms with Gasteiger partial charge in [0, 0.05) is 24.2 Å². The van der Waals surface area contributed by atoms with Crippen molar-refractivity contribution in [2.75, 3.05) is 23.7 Å². The molecule has 5 nitrogen and oxygen atoms in total. The Morgan fingerprint density at radius 3 is 2.88 bits per heavy atom. The number of carbonyl (C=O) groups is 2. The Balaban J connectivity index is 1.58. The van der Waals surface area contributed by atoms with Crippen LogP contribution in [0.3, 0.4) is 0 Å². The fourth-order valence-electron chi connectivity index (χ4n) is 3.74. The number of benzene rings is 1. The predicted octanol–water partition coefficient (Wildman–Crippen LogP) is 2.93. The minimum atomic E-state index is 0.0707. The van der Waals surface area contributed by atoms with Crippen LogP contribution >= 0.6 is 0 Å². The van der Waals surface area contributed by atoms with E-state index in [0.29, 0.717) is 24.7 Å². The number of hydrogen-bond acceptors (Lipinski definition) is 3. The van der Waals surface area contributed by atoms with Gasteiger partial charge in [0.15, 0.2) is 0 Å². The third-order valence-corrected chi connectivity index (χ3v) is 5.21. The minimum Gasteiger partial charge on any atom is -0.326 e. The molecule has 2 aliphatic heterocycles. The number of amides is 2. The molecule has 1 unspecified atom stereocenters. The van der Waals surface area contributed by atoms with Crippen LogP contribution in [0, 0.1) is 11.8 Å². The van der Waals surface area contributed by atoms with Gasteiger partial charge in [-0.25, -0.2) is 0 Å². The second-order valence-electron chi connectivity index (χ2n) is 7.09. The molecule has 1 fully saturated rings. The Morgan fingerprint density at radius 2 is 2.08 bits per heavy atom. The molecule has 130 valence electrons. The number of carbonyl (C=O) groups excluding carboxylic acids is 2. The highest BCUT2D eigenvalue weighted by Crippen LogP contribution is 2.27. The number of aryl methyl sites for hydroxylation is 1. The van der Waals surface area contributed by atoms with Gasteiger partial charge in [0.1, 0.15) is 0 Å². The third-order valence-electron chi connectivity index (χ3n) is 5.21. The monoisotopic (exact) mass is 329 g/mol. The maximum atomic E-state index is 12.4. The molecule has 24 heavy (non-hydrogen) atoms. The first kappa shape index (κ1) is 17.0. The maximum absolute atomic E-state index is 12.4. The highest BCUT2D eigenvalue weighted by atomic mass is 16.2. The van der Waals surface area contributed by atoms with Crippen molar-refractivity contribution in [1.29, 1.82) is 0 Å². The van der Waals surface area contributed by atoms with Gasteiger partial charge in [-0.1, -0.05) is 6.92 Å². The fourth-order valence-corrected chi connectivity index (χ4v) is 3.74. The predicted molar refractivity (Wildman–Crippen MR) is 96.0 cm³/mol. The van der Waals surface area contributed by atoms with Crippen molar-refractivity contribution in [3.63, 3.8) is 0 Å². The normalized spacial score (nSPS) is 19.8. The van der Waals surface area contributed by atoms with Crippen molar-refractivity contribution in [2.24, 2.45) is 11.8 Å². The van der Waals surface area contributed by atoms with Crippen LogP contribution < -0.4 is 16.0 Å². The standard InChI is InChI=1S/C19H27N3O2/c1-13(14-7-9-20-10-8-14)11-19(24)21-16-5-6-17-15(12-16)3-2-4-18(23)22-17/h5-6,12-14,20H,2-4,7-11H2,1H3,(H,21,24)(H,22,23). The quantitative estimate of drug-likeness (QED) is 0.795. The molecular formula is C19H27N3O2. The van der Waals surface area contributed by atoms with Crippen LogP contribution in [0.5, 0.6) is 0 Å². The molecule has 3 N–H and O–H groups in total. The first-order chi connectivity index (χ1) is 11.6. The molecular weight excluding hydrogens is 302 g/mol. The Kier molecular flexibility index (Phi) is 5.51. The summed E-state index contributed by atoms with van der Waals surface area (Å²) < 4.78 is 0. The van der Waals surface area contributed by atoms with Crippen LogP contribution in [0.1, 0.15) is 44.6 Å². The van der Waals surface area contributed by atoms with Crippen molar-refractivity contribution < 1.29 is 9.59 Å². The van der Waals surface area contributed by atoms with Gasteiger partial charge in [-0.3, -0.25) is 9.59 Å². The molecule has 0 radical (unpaired) electrons. The summed E-state index contributed by atoms with van der Waals surface area (Å²) in [5.74, 6) is 1.20. The number of rotatable bonds is 4. The molecule has 0 saturated carbocycles. The summed E-state index contributed by atoms with van der Waals surface area (Å²) in [7, 11) is 0. The zero-order chi connectivity index (χ0) is 16.9.